The van der Waals surface area contributed by atoms with Crippen LogP contribution >= 0.6 is 15.9 Å². The zero-order valence-corrected chi connectivity index (χ0v) is 15.3. The minimum atomic E-state index is -0.494. The number of ether oxygens (including phenoxy) is 1. The molecule has 2 aromatic rings. The Morgan fingerprint density at radius 2 is 1.62 bits per heavy atom. The van der Waals surface area contributed by atoms with Gasteiger partial charge in [-0.05, 0) is 47.1 Å². The number of benzene rings is 2. The van der Waals surface area contributed by atoms with Gasteiger partial charge in [-0.15, -0.1) is 0 Å². The summed E-state index contributed by atoms with van der Waals surface area (Å²) in [6.45, 7) is 4.94. The van der Waals surface area contributed by atoms with Crippen LogP contribution in [0.3, 0.4) is 0 Å². The van der Waals surface area contributed by atoms with Gasteiger partial charge in [-0.3, -0.25) is 4.79 Å². The van der Waals surface area contributed by atoms with Crippen molar-refractivity contribution in [2.75, 3.05) is 31.1 Å². The summed E-state index contributed by atoms with van der Waals surface area (Å²) in [5.41, 5.74) is 1.21. The fourth-order valence-electron chi connectivity index (χ4n) is 2.86. The molecule has 1 saturated heterocycles. The van der Waals surface area contributed by atoms with Gasteiger partial charge >= 0.3 is 0 Å². The highest BCUT2D eigenvalue weighted by Crippen LogP contribution is 2.25. The van der Waals surface area contributed by atoms with E-state index in [4.69, 9.17) is 4.74 Å². The smallest absolute Gasteiger partial charge is 0.263 e. The molecule has 0 unspecified atom stereocenters. The molecule has 3 rings (SSSR count). The van der Waals surface area contributed by atoms with Crippen LogP contribution in [-0.2, 0) is 4.79 Å². The third-order valence-corrected chi connectivity index (χ3v) is 4.86. The number of halogens is 1. The van der Waals surface area contributed by atoms with Crippen LogP contribution in [0.1, 0.15) is 6.92 Å². The molecular formula is C19H21BrN2O2. The Morgan fingerprint density at radius 3 is 2.29 bits per heavy atom. The molecule has 1 fully saturated rings. The van der Waals surface area contributed by atoms with Crippen molar-refractivity contribution in [1.29, 1.82) is 0 Å². The molecule has 1 amide bonds. The first kappa shape index (κ1) is 16.8. The fourth-order valence-corrected chi connectivity index (χ4v) is 3.24. The van der Waals surface area contributed by atoms with E-state index in [1.165, 1.54) is 5.69 Å². The molecule has 1 aliphatic rings. The van der Waals surface area contributed by atoms with Crippen molar-refractivity contribution >= 4 is 27.5 Å². The van der Waals surface area contributed by atoms with E-state index in [9.17, 15) is 4.79 Å². The second kappa shape index (κ2) is 7.71. The fraction of sp³-hybridized carbons (Fsp3) is 0.316. The predicted octanol–water partition coefficient (Wildman–Crippen LogP) is 3.57. The topological polar surface area (TPSA) is 32.8 Å². The lowest BCUT2D eigenvalue weighted by Crippen LogP contribution is -2.52. The number of piperazine rings is 1. The monoisotopic (exact) mass is 388 g/mol. The summed E-state index contributed by atoms with van der Waals surface area (Å²) in [5.74, 6) is 0.736. The van der Waals surface area contributed by atoms with Gasteiger partial charge in [0.15, 0.2) is 6.10 Å². The highest BCUT2D eigenvalue weighted by Gasteiger charge is 2.26. The molecule has 1 heterocycles. The number of hydrogen-bond donors (Lipinski definition) is 0. The van der Waals surface area contributed by atoms with Crippen LogP contribution < -0.4 is 9.64 Å². The summed E-state index contributed by atoms with van der Waals surface area (Å²) in [6, 6.07) is 17.9. The number of hydrogen-bond acceptors (Lipinski definition) is 3. The maximum Gasteiger partial charge on any atom is 0.263 e. The quantitative estimate of drug-likeness (QED) is 0.802. The Bertz CT molecular complexity index is 685. The molecule has 1 atom stereocenters. The van der Waals surface area contributed by atoms with E-state index >= 15 is 0 Å². The van der Waals surface area contributed by atoms with Crippen molar-refractivity contribution in [2.24, 2.45) is 0 Å². The van der Waals surface area contributed by atoms with Crippen molar-refractivity contribution in [1.82, 2.24) is 4.90 Å². The molecule has 0 saturated carbocycles. The van der Waals surface area contributed by atoms with Crippen LogP contribution in [0.25, 0.3) is 0 Å². The normalized spacial score (nSPS) is 15.9. The van der Waals surface area contributed by atoms with E-state index in [2.05, 4.69) is 33.0 Å². The first-order valence-corrected chi connectivity index (χ1v) is 8.94. The lowest BCUT2D eigenvalue weighted by molar-refractivity contribution is -0.138. The van der Waals surface area contributed by atoms with Gasteiger partial charge in [-0.1, -0.05) is 30.3 Å². The van der Waals surface area contributed by atoms with E-state index in [1.54, 1.807) is 0 Å². The van der Waals surface area contributed by atoms with E-state index < -0.39 is 6.10 Å². The summed E-state index contributed by atoms with van der Waals surface area (Å²) >= 11 is 3.45. The Hall–Kier alpha value is -2.01. The number of carbonyl (C=O) groups is 1. The summed E-state index contributed by atoms with van der Waals surface area (Å²) in [7, 11) is 0. The van der Waals surface area contributed by atoms with Crippen LogP contribution in [0.4, 0.5) is 5.69 Å². The molecule has 5 heteroatoms. The molecule has 2 aromatic carbocycles. The minimum absolute atomic E-state index is 0.0402. The second-order valence-corrected chi connectivity index (χ2v) is 6.69. The van der Waals surface area contributed by atoms with Crippen molar-refractivity contribution in [3.8, 4) is 5.75 Å². The average Bonchev–Trinajstić information content (AvgIpc) is 2.64. The lowest BCUT2D eigenvalue weighted by Gasteiger charge is -2.37. The van der Waals surface area contributed by atoms with Crippen LogP contribution in [0.15, 0.2) is 59.1 Å². The summed E-state index contributed by atoms with van der Waals surface area (Å²) in [6.07, 6.45) is -0.494. The van der Waals surface area contributed by atoms with Gasteiger partial charge in [0.1, 0.15) is 5.75 Å². The molecule has 1 aliphatic heterocycles. The Kier molecular flexibility index (Phi) is 5.41. The number of carbonyl (C=O) groups excluding carboxylic acids is 1. The van der Waals surface area contributed by atoms with Gasteiger partial charge in [0.2, 0.25) is 0 Å². The first-order valence-electron chi connectivity index (χ1n) is 8.15. The van der Waals surface area contributed by atoms with E-state index in [0.717, 1.165) is 30.7 Å². The second-order valence-electron chi connectivity index (χ2n) is 5.84. The molecule has 126 valence electrons. The van der Waals surface area contributed by atoms with Crippen LogP contribution in [0.5, 0.6) is 5.75 Å². The molecular weight excluding hydrogens is 368 g/mol. The molecule has 24 heavy (non-hydrogen) atoms. The third-order valence-electron chi connectivity index (χ3n) is 4.20. The number of anilines is 1. The maximum atomic E-state index is 12.6. The van der Waals surface area contributed by atoms with Gasteiger partial charge in [0, 0.05) is 31.9 Å². The molecule has 0 aliphatic carbocycles. The predicted molar refractivity (Wildman–Crippen MR) is 99.5 cm³/mol. The number of rotatable bonds is 4. The zero-order chi connectivity index (χ0) is 16.9. The molecule has 0 radical (unpaired) electrons. The largest absolute Gasteiger partial charge is 0.480 e. The van der Waals surface area contributed by atoms with Gasteiger partial charge < -0.3 is 14.5 Å². The Balaban J connectivity index is 1.56. The van der Waals surface area contributed by atoms with Crippen molar-refractivity contribution in [2.45, 2.75) is 13.0 Å². The zero-order valence-electron chi connectivity index (χ0n) is 13.7. The van der Waals surface area contributed by atoms with Crippen molar-refractivity contribution in [3.05, 3.63) is 59.1 Å². The van der Waals surface area contributed by atoms with Gasteiger partial charge in [0.25, 0.3) is 5.91 Å². The standard InChI is InChI=1S/C19H21BrN2O2/c1-15(24-18-10-6-5-9-17(18)20)19(23)22-13-11-21(12-14-22)16-7-3-2-4-8-16/h2-10,15H,11-14H2,1H3/t15-/m0/s1. The van der Waals surface area contributed by atoms with Crippen LogP contribution in [0.2, 0.25) is 0 Å². The number of para-hydroxylation sites is 2. The molecule has 0 aromatic heterocycles. The maximum absolute atomic E-state index is 12.6. The van der Waals surface area contributed by atoms with E-state index in [1.807, 2.05) is 54.3 Å². The number of nitrogens with zero attached hydrogens (tertiary/aromatic N) is 2. The molecule has 4 nitrogen and oxygen atoms in total. The average molecular weight is 389 g/mol. The number of amides is 1. The van der Waals surface area contributed by atoms with E-state index in [-0.39, 0.29) is 5.91 Å². The molecule has 0 N–H and O–H groups in total. The molecule has 0 bridgehead atoms. The van der Waals surface area contributed by atoms with Gasteiger partial charge in [-0.25, -0.2) is 0 Å². The SMILES string of the molecule is C[C@H](Oc1ccccc1Br)C(=O)N1CCN(c2ccccc2)CC1. The first-order chi connectivity index (χ1) is 11.6. The minimum Gasteiger partial charge on any atom is -0.480 e. The molecule has 0 spiro atoms. The highest BCUT2D eigenvalue weighted by molar-refractivity contribution is 9.10. The van der Waals surface area contributed by atoms with Crippen molar-refractivity contribution in [3.63, 3.8) is 0 Å². The van der Waals surface area contributed by atoms with E-state index in [0.29, 0.717) is 5.75 Å². The van der Waals surface area contributed by atoms with Gasteiger partial charge in [0.05, 0.1) is 4.47 Å². The summed E-state index contributed by atoms with van der Waals surface area (Å²) in [4.78, 5) is 16.8. The Labute approximate surface area is 151 Å². The van der Waals surface area contributed by atoms with Gasteiger partial charge in [-0.2, -0.15) is 0 Å². The van der Waals surface area contributed by atoms with Crippen LogP contribution in [-0.4, -0.2) is 43.1 Å². The Morgan fingerprint density at radius 1 is 1.00 bits per heavy atom. The summed E-state index contributed by atoms with van der Waals surface area (Å²) in [5, 5.41) is 0. The highest BCUT2D eigenvalue weighted by atomic mass is 79.9. The lowest BCUT2D eigenvalue weighted by atomic mass is 10.2. The van der Waals surface area contributed by atoms with Crippen LogP contribution in [0, 0.1) is 0 Å². The summed E-state index contributed by atoms with van der Waals surface area (Å²) < 4.78 is 6.68. The van der Waals surface area contributed by atoms with Crippen molar-refractivity contribution < 1.29 is 9.53 Å². The third kappa shape index (κ3) is 3.90.